The molecule has 1 fully saturated rings. The minimum absolute atomic E-state index is 0.246. The molecule has 0 aromatic rings. The summed E-state index contributed by atoms with van der Waals surface area (Å²) in [6.45, 7) is 16.7. The van der Waals surface area contributed by atoms with Crippen molar-refractivity contribution in [2.24, 2.45) is 16.8 Å². The molecule has 0 spiro atoms. The monoisotopic (exact) mass is 379 g/mol. The van der Waals surface area contributed by atoms with Gasteiger partial charge in [0.15, 0.2) is 0 Å². The maximum atomic E-state index is 4.86. The molecule has 3 aliphatic rings. The van der Waals surface area contributed by atoms with Crippen LogP contribution in [0.15, 0.2) is 137 Å². The second kappa shape index (κ2) is 9.34. The molecule has 0 aliphatic heterocycles. The first-order chi connectivity index (χ1) is 14.1. The predicted octanol–water partition coefficient (Wildman–Crippen LogP) is 7.32. The maximum absolute atomic E-state index is 4.86. The summed E-state index contributed by atoms with van der Waals surface area (Å²) in [5, 5.41) is 0. The summed E-state index contributed by atoms with van der Waals surface area (Å²) in [6, 6.07) is 0. The van der Waals surface area contributed by atoms with E-state index in [2.05, 4.69) is 69.2 Å². The molecule has 146 valence electrons. The number of nitrogens with zero attached hydrogens (tertiary/aromatic N) is 1. The number of aliphatic imine (C=N–C) groups is 1. The number of hydrogen-bond donors (Lipinski definition) is 0. The molecule has 0 amide bonds. The van der Waals surface area contributed by atoms with Gasteiger partial charge in [-0.2, -0.15) is 0 Å². The fourth-order valence-electron chi connectivity index (χ4n) is 4.14. The highest BCUT2D eigenvalue weighted by Crippen LogP contribution is 2.47. The van der Waals surface area contributed by atoms with Crippen LogP contribution in [0.2, 0.25) is 0 Å². The van der Waals surface area contributed by atoms with Crippen molar-refractivity contribution in [1.29, 1.82) is 0 Å². The Morgan fingerprint density at radius 2 is 1.97 bits per heavy atom. The summed E-state index contributed by atoms with van der Waals surface area (Å²) in [4.78, 5) is 4.86. The highest BCUT2D eigenvalue weighted by atomic mass is 14.7. The summed E-state index contributed by atoms with van der Waals surface area (Å²) in [5.41, 5.74) is 7.63. The standard InChI is InChI=1S/C28H29N/c1-6-12-20(3)17-18-29-28-22(5)24(7-2)25-16-11-15-23-14-10-8-9-13-21(4)19-26(28)27(23)25/h6-13,15-19,25,27H,3-5,14H2,1-2H3/b10-8-,12-6-,13-9-,18-17-,24-7+,26-19+,29-28+. The molecule has 0 saturated heterocycles. The van der Waals surface area contributed by atoms with Gasteiger partial charge in [0.1, 0.15) is 0 Å². The summed E-state index contributed by atoms with van der Waals surface area (Å²) >= 11 is 0. The van der Waals surface area contributed by atoms with Gasteiger partial charge in [0, 0.05) is 18.0 Å². The van der Waals surface area contributed by atoms with E-state index in [1.807, 2.05) is 43.5 Å². The molecule has 29 heavy (non-hydrogen) atoms. The van der Waals surface area contributed by atoms with Crippen LogP contribution in [0.4, 0.5) is 0 Å². The van der Waals surface area contributed by atoms with E-state index in [-0.39, 0.29) is 11.8 Å². The van der Waals surface area contributed by atoms with Gasteiger partial charge in [0.05, 0.1) is 5.71 Å². The zero-order valence-electron chi connectivity index (χ0n) is 17.4. The Hall–Kier alpha value is -3.19. The minimum atomic E-state index is 0.246. The van der Waals surface area contributed by atoms with Gasteiger partial charge in [-0.1, -0.05) is 86.1 Å². The highest BCUT2D eigenvalue weighted by molar-refractivity contribution is 6.17. The lowest BCUT2D eigenvalue weighted by Crippen LogP contribution is -2.33. The number of allylic oxidation sites excluding steroid dienone is 18. The third-order valence-electron chi connectivity index (χ3n) is 5.43. The first kappa shape index (κ1) is 20.5. The van der Waals surface area contributed by atoms with E-state index < -0.39 is 0 Å². The molecule has 3 aliphatic carbocycles. The van der Waals surface area contributed by atoms with Gasteiger partial charge in [0.2, 0.25) is 0 Å². The van der Waals surface area contributed by atoms with Gasteiger partial charge >= 0.3 is 0 Å². The number of hydrogen-bond acceptors (Lipinski definition) is 1. The lowest BCUT2D eigenvalue weighted by atomic mass is 9.64. The Bertz CT molecular complexity index is 993. The zero-order chi connectivity index (χ0) is 20.8. The molecule has 2 unspecified atom stereocenters. The fourth-order valence-corrected chi connectivity index (χ4v) is 4.14. The fraction of sp³-hybridized carbons (Fsp3) is 0.179. The SMILES string of the molecule is C=C(/C=C\C)\C=C/N=C1C(=C)/C(=C\C)C2C=CC=C3C/C=C\C=C/C(=C)\C=C\1C32. The average Bonchev–Trinajstić information content (AvgIpc) is 2.70. The smallest absolute Gasteiger partial charge is 0.0737 e. The second-order valence-electron chi connectivity index (χ2n) is 7.39. The first-order valence-corrected chi connectivity index (χ1v) is 10.1. The molecule has 0 aromatic heterocycles. The quantitative estimate of drug-likeness (QED) is 0.456. The molecular weight excluding hydrogens is 350 g/mol. The van der Waals surface area contributed by atoms with Crippen LogP contribution in [-0.4, -0.2) is 5.71 Å². The zero-order valence-corrected chi connectivity index (χ0v) is 17.4. The minimum Gasteiger partial charge on any atom is -0.256 e. The van der Waals surface area contributed by atoms with Crippen molar-refractivity contribution in [1.82, 2.24) is 0 Å². The van der Waals surface area contributed by atoms with Crippen LogP contribution in [-0.2, 0) is 0 Å². The van der Waals surface area contributed by atoms with E-state index in [0.29, 0.717) is 0 Å². The largest absolute Gasteiger partial charge is 0.256 e. The molecule has 0 heterocycles. The molecule has 3 rings (SSSR count). The Balaban J connectivity index is 2.16. The molecule has 1 heteroatoms. The van der Waals surface area contributed by atoms with E-state index in [9.17, 15) is 0 Å². The Morgan fingerprint density at radius 3 is 2.72 bits per heavy atom. The average molecular weight is 380 g/mol. The van der Waals surface area contributed by atoms with Gasteiger partial charge in [-0.15, -0.1) is 0 Å². The van der Waals surface area contributed by atoms with Crippen LogP contribution in [0.3, 0.4) is 0 Å². The van der Waals surface area contributed by atoms with Crippen LogP contribution < -0.4 is 0 Å². The molecule has 2 atom stereocenters. The second-order valence-corrected chi connectivity index (χ2v) is 7.39. The van der Waals surface area contributed by atoms with Gasteiger partial charge in [-0.3, -0.25) is 4.99 Å². The van der Waals surface area contributed by atoms with Crippen molar-refractivity contribution in [2.75, 3.05) is 0 Å². The van der Waals surface area contributed by atoms with Crippen LogP contribution >= 0.6 is 0 Å². The van der Waals surface area contributed by atoms with Crippen LogP contribution in [0.25, 0.3) is 0 Å². The third-order valence-corrected chi connectivity index (χ3v) is 5.43. The van der Waals surface area contributed by atoms with Crippen molar-refractivity contribution in [3.05, 3.63) is 132 Å². The van der Waals surface area contributed by atoms with Crippen LogP contribution in [0.1, 0.15) is 20.3 Å². The van der Waals surface area contributed by atoms with E-state index >= 15 is 0 Å². The highest BCUT2D eigenvalue weighted by Gasteiger charge is 2.39. The molecule has 0 bridgehead atoms. The van der Waals surface area contributed by atoms with Crippen molar-refractivity contribution in [3.63, 3.8) is 0 Å². The van der Waals surface area contributed by atoms with Gasteiger partial charge in [0.25, 0.3) is 0 Å². The van der Waals surface area contributed by atoms with Crippen molar-refractivity contribution >= 4 is 5.71 Å². The molecule has 1 nitrogen and oxygen atoms in total. The summed E-state index contributed by atoms with van der Waals surface area (Å²) in [5.74, 6) is 0.528. The molecule has 0 radical (unpaired) electrons. The van der Waals surface area contributed by atoms with E-state index in [4.69, 9.17) is 4.99 Å². The van der Waals surface area contributed by atoms with Crippen molar-refractivity contribution in [2.45, 2.75) is 20.3 Å². The maximum Gasteiger partial charge on any atom is 0.0737 e. The predicted molar refractivity (Wildman–Crippen MR) is 128 cm³/mol. The Labute approximate surface area is 175 Å². The van der Waals surface area contributed by atoms with E-state index in [1.54, 1.807) is 0 Å². The molecule has 0 N–H and O–H groups in total. The van der Waals surface area contributed by atoms with Gasteiger partial charge < -0.3 is 0 Å². The lowest BCUT2D eigenvalue weighted by Gasteiger charge is -2.39. The summed E-state index contributed by atoms with van der Waals surface area (Å²) < 4.78 is 0. The summed E-state index contributed by atoms with van der Waals surface area (Å²) in [7, 11) is 0. The number of rotatable bonds is 3. The van der Waals surface area contributed by atoms with E-state index in [0.717, 1.165) is 28.9 Å². The summed E-state index contributed by atoms with van der Waals surface area (Å²) in [6.07, 6.45) is 28.1. The van der Waals surface area contributed by atoms with Crippen LogP contribution in [0.5, 0.6) is 0 Å². The Kier molecular flexibility index (Phi) is 6.61. The topological polar surface area (TPSA) is 12.4 Å². The van der Waals surface area contributed by atoms with Crippen molar-refractivity contribution < 1.29 is 0 Å². The van der Waals surface area contributed by atoms with Gasteiger partial charge in [-0.05, 0) is 60.3 Å². The first-order valence-electron chi connectivity index (χ1n) is 10.1. The molecular formula is C28H29N. The van der Waals surface area contributed by atoms with Crippen LogP contribution in [0, 0.1) is 11.8 Å². The van der Waals surface area contributed by atoms with Crippen molar-refractivity contribution in [3.8, 4) is 0 Å². The normalized spacial score (nSPS) is 31.0. The van der Waals surface area contributed by atoms with Gasteiger partial charge in [-0.25, -0.2) is 0 Å². The molecule has 0 aromatic carbocycles. The molecule has 1 saturated carbocycles. The lowest BCUT2D eigenvalue weighted by molar-refractivity contribution is 0.571. The Morgan fingerprint density at radius 1 is 1.14 bits per heavy atom. The van der Waals surface area contributed by atoms with E-state index in [1.165, 1.54) is 16.7 Å². The third kappa shape index (κ3) is 4.46.